The normalized spacial score (nSPS) is 14.9. The van der Waals surface area contributed by atoms with Crippen molar-refractivity contribution in [1.82, 2.24) is 19.2 Å². The number of nitrogens with zero attached hydrogens (tertiary/aromatic N) is 4. The predicted molar refractivity (Wildman–Crippen MR) is 116 cm³/mol. The SMILES string of the molecule is Cc1ccc(-n2nc(C(=O)N3CCOCC3)c(=O)n([C@@H](C)c3ccccc3)c2=O)cc1F. The Morgan fingerprint density at radius 2 is 1.78 bits per heavy atom. The van der Waals surface area contributed by atoms with E-state index in [0.29, 0.717) is 37.4 Å². The first-order valence-electron chi connectivity index (χ1n) is 10.3. The van der Waals surface area contributed by atoms with E-state index >= 15 is 0 Å². The predicted octanol–water partition coefficient (Wildman–Crippen LogP) is 1.92. The molecule has 0 aliphatic carbocycles. The fourth-order valence-corrected chi connectivity index (χ4v) is 3.64. The van der Waals surface area contributed by atoms with Gasteiger partial charge in [0, 0.05) is 19.2 Å². The van der Waals surface area contributed by atoms with Gasteiger partial charge in [-0.1, -0.05) is 36.4 Å². The molecule has 1 aliphatic heterocycles. The summed E-state index contributed by atoms with van der Waals surface area (Å²) < 4.78 is 21.4. The number of aryl methyl sites for hydroxylation is 1. The lowest BCUT2D eigenvalue weighted by molar-refractivity contribution is 0.0295. The number of morpholine rings is 1. The summed E-state index contributed by atoms with van der Waals surface area (Å²) in [5, 5.41) is 4.10. The van der Waals surface area contributed by atoms with E-state index in [0.717, 1.165) is 15.3 Å². The Hall–Kier alpha value is -3.59. The fourth-order valence-electron chi connectivity index (χ4n) is 3.64. The van der Waals surface area contributed by atoms with Crippen molar-refractivity contribution < 1.29 is 13.9 Å². The maximum atomic E-state index is 14.2. The minimum atomic E-state index is -0.785. The van der Waals surface area contributed by atoms with Crippen molar-refractivity contribution >= 4 is 5.91 Å². The highest BCUT2D eigenvalue weighted by molar-refractivity contribution is 5.91. The lowest BCUT2D eigenvalue weighted by Gasteiger charge is -2.26. The second kappa shape index (κ2) is 8.88. The van der Waals surface area contributed by atoms with E-state index in [-0.39, 0.29) is 5.69 Å². The number of hydrogen-bond donors (Lipinski definition) is 0. The molecule has 4 rings (SSSR count). The molecule has 1 aliphatic rings. The number of ether oxygens (including phenoxy) is 1. The average molecular weight is 438 g/mol. The summed E-state index contributed by atoms with van der Waals surface area (Å²) in [7, 11) is 0. The highest BCUT2D eigenvalue weighted by Gasteiger charge is 2.28. The molecular formula is C23H23FN4O4. The monoisotopic (exact) mass is 438 g/mol. The number of benzene rings is 2. The third-order valence-electron chi connectivity index (χ3n) is 5.58. The van der Waals surface area contributed by atoms with Crippen LogP contribution in [0.25, 0.3) is 5.69 Å². The Bertz CT molecular complexity index is 1260. The van der Waals surface area contributed by atoms with E-state index in [1.807, 2.05) is 6.07 Å². The van der Waals surface area contributed by atoms with Crippen molar-refractivity contribution in [2.24, 2.45) is 0 Å². The summed E-state index contributed by atoms with van der Waals surface area (Å²) in [6, 6.07) is 12.5. The maximum Gasteiger partial charge on any atom is 0.352 e. The van der Waals surface area contributed by atoms with Gasteiger partial charge in [-0.05, 0) is 31.0 Å². The summed E-state index contributed by atoms with van der Waals surface area (Å²) in [5.41, 5.74) is -0.695. The first-order valence-corrected chi connectivity index (χ1v) is 10.3. The van der Waals surface area contributed by atoms with E-state index in [9.17, 15) is 18.8 Å². The minimum absolute atomic E-state index is 0.128. The second-order valence-electron chi connectivity index (χ2n) is 7.64. The molecule has 3 aromatic rings. The van der Waals surface area contributed by atoms with Crippen LogP contribution in [0.5, 0.6) is 0 Å². The van der Waals surface area contributed by atoms with Crippen LogP contribution in [0.15, 0.2) is 58.1 Å². The number of carbonyl (C=O) groups excluding carboxylic acids is 1. The van der Waals surface area contributed by atoms with Crippen molar-refractivity contribution in [2.45, 2.75) is 19.9 Å². The van der Waals surface area contributed by atoms with E-state index < -0.39 is 34.7 Å². The molecule has 2 aromatic carbocycles. The molecule has 1 amide bonds. The largest absolute Gasteiger partial charge is 0.378 e. The molecule has 0 saturated carbocycles. The first-order chi connectivity index (χ1) is 15.4. The van der Waals surface area contributed by atoms with Gasteiger partial charge in [0.25, 0.3) is 11.5 Å². The molecule has 9 heteroatoms. The average Bonchev–Trinajstić information content (AvgIpc) is 2.82. The van der Waals surface area contributed by atoms with Gasteiger partial charge in [0.2, 0.25) is 5.69 Å². The second-order valence-corrected chi connectivity index (χ2v) is 7.64. The van der Waals surface area contributed by atoms with Crippen molar-refractivity contribution in [2.75, 3.05) is 26.3 Å². The van der Waals surface area contributed by atoms with Crippen LogP contribution in [0.3, 0.4) is 0 Å². The highest BCUT2D eigenvalue weighted by atomic mass is 19.1. The molecule has 1 atom stereocenters. The van der Waals surface area contributed by atoms with Crippen molar-refractivity contribution in [1.29, 1.82) is 0 Å². The molecule has 0 radical (unpaired) electrons. The standard InChI is InChI=1S/C23H23FN4O4/c1-15-8-9-18(14-19(15)24)28-23(31)27(16(2)17-6-4-3-5-7-17)22(30)20(25-28)21(29)26-10-12-32-13-11-26/h3-9,14,16H,10-13H2,1-2H3/t16-/m0/s1. The summed E-state index contributed by atoms with van der Waals surface area (Å²) in [5.74, 6) is -1.11. The molecule has 0 unspecified atom stereocenters. The molecule has 8 nitrogen and oxygen atoms in total. The topological polar surface area (TPSA) is 86.4 Å². The van der Waals surface area contributed by atoms with E-state index in [1.165, 1.54) is 17.0 Å². The third kappa shape index (κ3) is 3.99. The number of aromatic nitrogens is 3. The maximum absolute atomic E-state index is 14.2. The van der Waals surface area contributed by atoms with Crippen molar-refractivity contribution in [3.05, 3.63) is 92.0 Å². The summed E-state index contributed by atoms with van der Waals surface area (Å²) in [6.07, 6.45) is 0. The zero-order valence-corrected chi connectivity index (χ0v) is 17.8. The molecule has 0 spiro atoms. The molecule has 32 heavy (non-hydrogen) atoms. The molecule has 0 N–H and O–H groups in total. The Morgan fingerprint density at radius 1 is 1.09 bits per heavy atom. The molecule has 1 saturated heterocycles. The zero-order valence-electron chi connectivity index (χ0n) is 17.8. The molecule has 1 fully saturated rings. The van der Waals surface area contributed by atoms with Crippen LogP contribution in [0, 0.1) is 12.7 Å². The Balaban J connectivity index is 1.93. The molecule has 166 valence electrons. The van der Waals surface area contributed by atoms with Gasteiger partial charge in [0.15, 0.2) is 0 Å². The van der Waals surface area contributed by atoms with Crippen LogP contribution in [0.1, 0.15) is 34.6 Å². The number of halogens is 1. The molecular weight excluding hydrogens is 415 g/mol. The lowest BCUT2D eigenvalue weighted by atomic mass is 10.1. The van der Waals surface area contributed by atoms with E-state index in [1.54, 1.807) is 38.1 Å². The molecule has 2 heterocycles. The number of rotatable bonds is 4. The fraction of sp³-hybridized carbons (Fsp3) is 0.304. The van der Waals surface area contributed by atoms with Gasteiger partial charge < -0.3 is 9.64 Å². The van der Waals surface area contributed by atoms with Gasteiger partial charge in [-0.25, -0.2) is 13.8 Å². The van der Waals surface area contributed by atoms with Gasteiger partial charge in [-0.3, -0.25) is 9.59 Å². The van der Waals surface area contributed by atoms with Gasteiger partial charge in [-0.2, -0.15) is 9.78 Å². The first kappa shape index (κ1) is 21.6. The van der Waals surface area contributed by atoms with Gasteiger partial charge >= 0.3 is 5.69 Å². The van der Waals surface area contributed by atoms with Crippen LogP contribution < -0.4 is 11.2 Å². The van der Waals surface area contributed by atoms with E-state index in [4.69, 9.17) is 4.74 Å². The number of amides is 1. The Kier molecular flexibility index (Phi) is 6.00. The highest BCUT2D eigenvalue weighted by Crippen LogP contribution is 2.16. The summed E-state index contributed by atoms with van der Waals surface area (Å²) >= 11 is 0. The summed E-state index contributed by atoms with van der Waals surface area (Å²) in [4.78, 5) is 41.3. The van der Waals surface area contributed by atoms with Crippen LogP contribution in [0.2, 0.25) is 0 Å². The molecule has 0 bridgehead atoms. The Labute approximate surface area is 183 Å². The third-order valence-corrected chi connectivity index (χ3v) is 5.58. The van der Waals surface area contributed by atoms with Crippen LogP contribution in [-0.2, 0) is 4.74 Å². The quantitative estimate of drug-likeness (QED) is 0.621. The van der Waals surface area contributed by atoms with E-state index in [2.05, 4.69) is 5.10 Å². The number of hydrogen-bond acceptors (Lipinski definition) is 5. The van der Waals surface area contributed by atoms with Crippen molar-refractivity contribution in [3.8, 4) is 5.69 Å². The minimum Gasteiger partial charge on any atom is -0.378 e. The molecule has 1 aromatic heterocycles. The summed E-state index contributed by atoms with van der Waals surface area (Å²) in [6.45, 7) is 4.62. The smallest absolute Gasteiger partial charge is 0.352 e. The lowest BCUT2D eigenvalue weighted by Crippen LogP contribution is -2.49. The van der Waals surface area contributed by atoms with Crippen molar-refractivity contribution in [3.63, 3.8) is 0 Å². The number of carbonyl (C=O) groups is 1. The van der Waals surface area contributed by atoms with Crippen LogP contribution >= 0.6 is 0 Å². The van der Waals surface area contributed by atoms with Gasteiger partial charge in [0.05, 0.1) is 24.9 Å². The van der Waals surface area contributed by atoms with Crippen LogP contribution in [-0.4, -0.2) is 51.5 Å². The Morgan fingerprint density at radius 3 is 2.44 bits per heavy atom. The van der Waals surface area contributed by atoms with Gasteiger partial charge in [-0.15, -0.1) is 0 Å². The van der Waals surface area contributed by atoms with Gasteiger partial charge in [0.1, 0.15) is 5.82 Å². The zero-order chi connectivity index (χ0) is 22.8. The van der Waals surface area contributed by atoms with Crippen LogP contribution in [0.4, 0.5) is 4.39 Å².